The Hall–Kier alpha value is -2.96. The fourth-order valence-electron chi connectivity index (χ4n) is 2.62. The first-order chi connectivity index (χ1) is 11.1. The number of carbonyl (C=O) groups excluding carboxylic acids is 1. The summed E-state index contributed by atoms with van der Waals surface area (Å²) in [6.07, 6.45) is 3.54. The third-order valence-corrected chi connectivity index (χ3v) is 3.96. The van der Waals surface area contributed by atoms with Gasteiger partial charge in [0, 0.05) is 24.2 Å². The van der Waals surface area contributed by atoms with Gasteiger partial charge < -0.3 is 11.1 Å². The van der Waals surface area contributed by atoms with E-state index in [2.05, 4.69) is 20.4 Å². The van der Waals surface area contributed by atoms with Crippen molar-refractivity contribution in [2.75, 3.05) is 5.73 Å². The number of benzene rings is 1. The van der Waals surface area contributed by atoms with Crippen molar-refractivity contribution in [2.45, 2.75) is 18.9 Å². The maximum atomic E-state index is 12.2. The molecular weight excluding hydrogens is 292 g/mol. The molecular formula is C16H16N6O. The van der Waals surface area contributed by atoms with Crippen molar-refractivity contribution >= 4 is 22.8 Å². The van der Waals surface area contributed by atoms with Gasteiger partial charge in [0.1, 0.15) is 17.8 Å². The SMILES string of the molecule is Cn1nc(-c2cccc(C(=O)NC3CC3)c2)c2c(N)ncnc21. The van der Waals surface area contributed by atoms with Gasteiger partial charge in [-0.3, -0.25) is 4.79 Å². The molecule has 0 radical (unpaired) electrons. The number of aryl methyl sites for hydroxylation is 1. The second-order valence-corrected chi connectivity index (χ2v) is 5.76. The second-order valence-electron chi connectivity index (χ2n) is 5.76. The molecule has 7 nitrogen and oxygen atoms in total. The van der Waals surface area contributed by atoms with E-state index < -0.39 is 0 Å². The van der Waals surface area contributed by atoms with Crippen LogP contribution in [0.15, 0.2) is 30.6 Å². The molecule has 2 heterocycles. The summed E-state index contributed by atoms with van der Waals surface area (Å²) >= 11 is 0. The zero-order valence-corrected chi connectivity index (χ0v) is 12.7. The minimum Gasteiger partial charge on any atom is -0.383 e. The van der Waals surface area contributed by atoms with Gasteiger partial charge in [-0.15, -0.1) is 0 Å². The molecule has 0 aliphatic heterocycles. The summed E-state index contributed by atoms with van der Waals surface area (Å²) in [5.74, 6) is 0.324. The first-order valence-corrected chi connectivity index (χ1v) is 7.48. The molecule has 4 rings (SSSR count). The Morgan fingerprint density at radius 2 is 2.17 bits per heavy atom. The smallest absolute Gasteiger partial charge is 0.251 e. The highest BCUT2D eigenvalue weighted by atomic mass is 16.1. The lowest BCUT2D eigenvalue weighted by molar-refractivity contribution is 0.0951. The summed E-state index contributed by atoms with van der Waals surface area (Å²) in [5.41, 5.74) is 8.78. The van der Waals surface area contributed by atoms with Gasteiger partial charge in [-0.25, -0.2) is 14.6 Å². The summed E-state index contributed by atoms with van der Waals surface area (Å²) in [7, 11) is 1.81. The van der Waals surface area contributed by atoms with Crippen LogP contribution in [-0.4, -0.2) is 31.7 Å². The number of fused-ring (bicyclic) bond motifs is 1. The molecule has 3 N–H and O–H groups in total. The van der Waals surface area contributed by atoms with Crippen LogP contribution < -0.4 is 11.1 Å². The summed E-state index contributed by atoms with van der Waals surface area (Å²) < 4.78 is 1.67. The van der Waals surface area contributed by atoms with E-state index in [1.165, 1.54) is 6.33 Å². The zero-order valence-electron chi connectivity index (χ0n) is 12.7. The van der Waals surface area contributed by atoms with E-state index in [4.69, 9.17) is 5.73 Å². The van der Waals surface area contributed by atoms with Crippen LogP contribution in [0.4, 0.5) is 5.82 Å². The third-order valence-electron chi connectivity index (χ3n) is 3.96. The number of nitrogens with zero attached hydrogens (tertiary/aromatic N) is 4. The minimum absolute atomic E-state index is 0.0567. The molecule has 1 aliphatic carbocycles. The van der Waals surface area contributed by atoms with E-state index in [1.54, 1.807) is 10.7 Å². The van der Waals surface area contributed by atoms with Crippen LogP contribution in [0.3, 0.4) is 0 Å². The Kier molecular flexibility index (Phi) is 3.00. The Labute approximate surface area is 132 Å². The number of nitrogens with two attached hydrogens (primary N) is 1. The molecule has 23 heavy (non-hydrogen) atoms. The highest BCUT2D eigenvalue weighted by Crippen LogP contribution is 2.30. The van der Waals surface area contributed by atoms with Crippen molar-refractivity contribution in [3.63, 3.8) is 0 Å². The average molecular weight is 308 g/mol. The fraction of sp³-hybridized carbons (Fsp3) is 0.250. The average Bonchev–Trinajstić information content (AvgIpc) is 3.30. The van der Waals surface area contributed by atoms with Crippen molar-refractivity contribution in [1.29, 1.82) is 0 Å². The molecule has 2 aromatic heterocycles. The standard InChI is InChI=1S/C16H16N6O/c1-22-15-12(14(17)18-8-19-15)13(21-22)9-3-2-4-10(7-9)16(23)20-11-5-6-11/h2-4,7-8,11H,5-6H2,1H3,(H,20,23)(H2,17,18,19). The summed E-state index contributed by atoms with van der Waals surface area (Å²) in [4.78, 5) is 20.5. The minimum atomic E-state index is -0.0567. The van der Waals surface area contributed by atoms with Gasteiger partial charge >= 0.3 is 0 Å². The summed E-state index contributed by atoms with van der Waals surface area (Å²) in [6.45, 7) is 0. The molecule has 116 valence electrons. The van der Waals surface area contributed by atoms with Gasteiger partial charge in [0.2, 0.25) is 0 Å². The number of nitrogens with one attached hydrogen (secondary N) is 1. The predicted octanol–water partition coefficient (Wildman–Crippen LogP) is 1.50. The van der Waals surface area contributed by atoms with Gasteiger partial charge in [-0.1, -0.05) is 12.1 Å². The molecule has 1 saturated carbocycles. The Bertz CT molecular complexity index is 912. The Morgan fingerprint density at radius 3 is 2.96 bits per heavy atom. The van der Waals surface area contributed by atoms with Gasteiger partial charge in [-0.05, 0) is 25.0 Å². The fourth-order valence-corrected chi connectivity index (χ4v) is 2.62. The molecule has 7 heteroatoms. The maximum Gasteiger partial charge on any atom is 0.251 e. The lowest BCUT2D eigenvalue weighted by Gasteiger charge is -2.05. The van der Waals surface area contributed by atoms with E-state index >= 15 is 0 Å². The van der Waals surface area contributed by atoms with Gasteiger partial charge in [0.05, 0.1) is 5.39 Å². The van der Waals surface area contributed by atoms with Crippen molar-refractivity contribution in [3.8, 4) is 11.3 Å². The first kappa shape index (κ1) is 13.7. The third kappa shape index (κ3) is 2.40. The number of anilines is 1. The van der Waals surface area contributed by atoms with Crippen LogP contribution in [-0.2, 0) is 7.05 Å². The number of rotatable bonds is 3. The molecule has 3 aromatic rings. The molecule has 1 aromatic carbocycles. The van der Waals surface area contributed by atoms with Crippen LogP contribution in [0.5, 0.6) is 0 Å². The number of carbonyl (C=O) groups is 1. The molecule has 1 fully saturated rings. The molecule has 0 spiro atoms. The van der Waals surface area contributed by atoms with E-state index in [0.717, 1.165) is 18.4 Å². The number of hydrogen-bond donors (Lipinski definition) is 2. The lowest BCUT2D eigenvalue weighted by Crippen LogP contribution is -2.25. The normalized spacial score (nSPS) is 14.1. The number of amides is 1. The largest absolute Gasteiger partial charge is 0.383 e. The molecule has 0 atom stereocenters. The van der Waals surface area contributed by atoms with Crippen LogP contribution in [0, 0.1) is 0 Å². The Morgan fingerprint density at radius 1 is 1.35 bits per heavy atom. The number of aromatic nitrogens is 4. The summed E-state index contributed by atoms with van der Waals surface area (Å²) in [5, 5.41) is 8.19. The van der Waals surface area contributed by atoms with E-state index in [9.17, 15) is 4.79 Å². The van der Waals surface area contributed by atoms with Crippen LogP contribution in [0.2, 0.25) is 0 Å². The Balaban J connectivity index is 1.80. The van der Waals surface area contributed by atoms with Crippen LogP contribution in [0.1, 0.15) is 23.2 Å². The lowest BCUT2D eigenvalue weighted by atomic mass is 10.1. The second kappa shape index (κ2) is 5.05. The van der Waals surface area contributed by atoms with Crippen molar-refractivity contribution in [3.05, 3.63) is 36.2 Å². The van der Waals surface area contributed by atoms with Crippen LogP contribution in [0.25, 0.3) is 22.3 Å². The zero-order chi connectivity index (χ0) is 16.0. The summed E-state index contributed by atoms with van der Waals surface area (Å²) in [6, 6.07) is 7.70. The predicted molar refractivity (Wildman–Crippen MR) is 86.6 cm³/mol. The highest BCUT2D eigenvalue weighted by molar-refractivity contribution is 6.00. The van der Waals surface area contributed by atoms with Gasteiger partial charge in [0.15, 0.2) is 5.65 Å². The first-order valence-electron chi connectivity index (χ1n) is 7.48. The van der Waals surface area contributed by atoms with E-state index in [0.29, 0.717) is 34.2 Å². The molecule has 1 aliphatic rings. The van der Waals surface area contributed by atoms with Gasteiger partial charge in [-0.2, -0.15) is 5.10 Å². The molecule has 0 bridgehead atoms. The molecule has 0 unspecified atom stereocenters. The molecule has 0 saturated heterocycles. The van der Waals surface area contributed by atoms with Crippen molar-refractivity contribution in [2.24, 2.45) is 7.05 Å². The highest BCUT2D eigenvalue weighted by Gasteiger charge is 2.24. The number of nitrogen functional groups attached to an aromatic ring is 1. The quantitative estimate of drug-likeness (QED) is 0.764. The monoisotopic (exact) mass is 308 g/mol. The van der Waals surface area contributed by atoms with E-state index in [-0.39, 0.29) is 5.91 Å². The van der Waals surface area contributed by atoms with Crippen molar-refractivity contribution in [1.82, 2.24) is 25.1 Å². The van der Waals surface area contributed by atoms with Gasteiger partial charge in [0.25, 0.3) is 5.91 Å². The molecule has 1 amide bonds. The topological polar surface area (TPSA) is 98.7 Å². The van der Waals surface area contributed by atoms with E-state index in [1.807, 2.05) is 25.2 Å². The maximum absolute atomic E-state index is 12.2. The van der Waals surface area contributed by atoms with Crippen LogP contribution >= 0.6 is 0 Å². The number of hydrogen-bond acceptors (Lipinski definition) is 5. The van der Waals surface area contributed by atoms with Crippen molar-refractivity contribution < 1.29 is 4.79 Å².